The van der Waals surface area contributed by atoms with Gasteiger partial charge in [0.05, 0.1) is 5.60 Å². The van der Waals surface area contributed by atoms with E-state index in [0.717, 1.165) is 0 Å². The Balaban J connectivity index is 2.04. The van der Waals surface area contributed by atoms with Crippen LogP contribution in [0.3, 0.4) is 0 Å². The summed E-state index contributed by atoms with van der Waals surface area (Å²) in [7, 11) is 0. The minimum absolute atomic E-state index is 0.0460. The van der Waals surface area contributed by atoms with Gasteiger partial charge in [0.25, 0.3) is 0 Å². The summed E-state index contributed by atoms with van der Waals surface area (Å²) in [4.78, 5) is 5.38. The quantitative estimate of drug-likeness (QED) is 0.596. The molecule has 0 aromatic rings. The van der Waals surface area contributed by atoms with E-state index in [1.54, 1.807) is 0 Å². The molecule has 0 amide bonds. The molecular formula is C8H17NO. The normalized spacial score (nSPS) is 20.7. The third-order valence-corrected chi connectivity index (χ3v) is 1.64. The molecule has 0 spiro atoms. The summed E-state index contributed by atoms with van der Waals surface area (Å²) in [5.41, 5.74) is 3.01. The van der Waals surface area contributed by atoms with E-state index in [0.29, 0.717) is 6.04 Å². The first-order valence-corrected chi connectivity index (χ1v) is 4.01. The average Bonchev–Trinajstić information content (AvgIpc) is 1.56. The van der Waals surface area contributed by atoms with Crippen molar-refractivity contribution in [3.8, 4) is 0 Å². The van der Waals surface area contributed by atoms with Crippen molar-refractivity contribution in [1.29, 1.82) is 0 Å². The average molecular weight is 143 g/mol. The summed E-state index contributed by atoms with van der Waals surface area (Å²) in [5.74, 6) is 0. The van der Waals surface area contributed by atoms with Crippen LogP contribution in [0.1, 0.15) is 40.0 Å². The lowest BCUT2D eigenvalue weighted by molar-refractivity contribution is -0.0987. The Kier molecular flexibility index (Phi) is 2.32. The summed E-state index contributed by atoms with van der Waals surface area (Å²) < 4.78 is 0. The summed E-state index contributed by atoms with van der Waals surface area (Å²) in [6.07, 6.45) is 3.90. The van der Waals surface area contributed by atoms with Crippen LogP contribution in [0.15, 0.2) is 0 Å². The molecule has 1 fully saturated rings. The van der Waals surface area contributed by atoms with Crippen LogP contribution in [-0.4, -0.2) is 11.6 Å². The van der Waals surface area contributed by atoms with E-state index in [1.807, 2.05) is 0 Å². The summed E-state index contributed by atoms with van der Waals surface area (Å²) >= 11 is 0. The van der Waals surface area contributed by atoms with Crippen molar-refractivity contribution in [2.75, 3.05) is 0 Å². The molecule has 0 aromatic carbocycles. The summed E-state index contributed by atoms with van der Waals surface area (Å²) in [5, 5.41) is 0. The number of hydrogen-bond acceptors (Lipinski definition) is 2. The first-order chi connectivity index (χ1) is 4.58. The van der Waals surface area contributed by atoms with Crippen molar-refractivity contribution in [1.82, 2.24) is 5.48 Å². The van der Waals surface area contributed by atoms with E-state index in [1.165, 1.54) is 19.3 Å². The Bertz CT molecular complexity index is 102. The smallest absolute Gasteiger partial charge is 0.0813 e. The van der Waals surface area contributed by atoms with E-state index in [4.69, 9.17) is 4.84 Å². The highest BCUT2D eigenvalue weighted by atomic mass is 16.7. The number of hydroxylamine groups is 1. The van der Waals surface area contributed by atoms with E-state index in [9.17, 15) is 0 Å². The predicted molar refractivity (Wildman–Crippen MR) is 41.6 cm³/mol. The second kappa shape index (κ2) is 2.89. The van der Waals surface area contributed by atoms with Crippen LogP contribution in [-0.2, 0) is 4.84 Å². The minimum atomic E-state index is -0.0460. The molecule has 0 bridgehead atoms. The van der Waals surface area contributed by atoms with Crippen LogP contribution in [0.2, 0.25) is 0 Å². The van der Waals surface area contributed by atoms with Gasteiger partial charge in [0.15, 0.2) is 0 Å². The Morgan fingerprint density at radius 2 is 1.90 bits per heavy atom. The largest absolute Gasteiger partial charge is 0.296 e. The third kappa shape index (κ3) is 2.67. The van der Waals surface area contributed by atoms with E-state index < -0.39 is 0 Å². The van der Waals surface area contributed by atoms with Crippen LogP contribution < -0.4 is 5.48 Å². The lowest BCUT2D eigenvalue weighted by Crippen LogP contribution is -2.40. The van der Waals surface area contributed by atoms with Gasteiger partial charge in [-0.25, -0.2) is 0 Å². The van der Waals surface area contributed by atoms with Crippen LogP contribution in [0.4, 0.5) is 0 Å². The number of rotatable bonds is 2. The van der Waals surface area contributed by atoms with E-state index in [2.05, 4.69) is 26.3 Å². The Labute approximate surface area is 62.9 Å². The maximum atomic E-state index is 5.38. The molecule has 2 nitrogen and oxygen atoms in total. The molecule has 0 aliphatic heterocycles. The van der Waals surface area contributed by atoms with Crippen molar-refractivity contribution in [2.45, 2.75) is 51.7 Å². The fourth-order valence-electron chi connectivity index (χ4n) is 0.786. The number of nitrogens with one attached hydrogen (secondary N) is 1. The van der Waals surface area contributed by atoms with Crippen molar-refractivity contribution in [3.05, 3.63) is 0 Å². The first kappa shape index (κ1) is 8.02. The maximum absolute atomic E-state index is 5.38. The van der Waals surface area contributed by atoms with Gasteiger partial charge in [0.1, 0.15) is 0 Å². The third-order valence-electron chi connectivity index (χ3n) is 1.64. The Morgan fingerprint density at radius 3 is 2.20 bits per heavy atom. The molecule has 10 heavy (non-hydrogen) atoms. The minimum Gasteiger partial charge on any atom is -0.296 e. The zero-order chi connectivity index (χ0) is 7.61. The van der Waals surface area contributed by atoms with Gasteiger partial charge in [-0.2, -0.15) is 5.48 Å². The van der Waals surface area contributed by atoms with Crippen LogP contribution in [0.25, 0.3) is 0 Å². The molecule has 0 saturated heterocycles. The van der Waals surface area contributed by atoms with Gasteiger partial charge in [-0.15, -0.1) is 0 Å². The van der Waals surface area contributed by atoms with Crippen LogP contribution >= 0.6 is 0 Å². The van der Waals surface area contributed by atoms with Gasteiger partial charge in [-0.05, 0) is 33.6 Å². The molecule has 0 aromatic heterocycles. The Morgan fingerprint density at radius 1 is 1.30 bits per heavy atom. The van der Waals surface area contributed by atoms with E-state index >= 15 is 0 Å². The Hall–Kier alpha value is -0.0800. The predicted octanol–water partition coefficient (Wildman–Crippen LogP) is 1.86. The zero-order valence-corrected chi connectivity index (χ0v) is 7.11. The summed E-state index contributed by atoms with van der Waals surface area (Å²) in [6.45, 7) is 6.16. The van der Waals surface area contributed by atoms with Crippen molar-refractivity contribution >= 4 is 0 Å². The molecule has 0 unspecified atom stereocenters. The summed E-state index contributed by atoms with van der Waals surface area (Å²) in [6, 6.07) is 0.624. The highest BCUT2D eigenvalue weighted by Crippen LogP contribution is 2.19. The van der Waals surface area contributed by atoms with E-state index in [-0.39, 0.29) is 5.60 Å². The van der Waals surface area contributed by atoms with Crippen molar-refractivity contribution < 1.29 is 4.84 Å². The molecule has 1 aliphatic carbocycles. The maximum Gasteiger partial charge on any atom is 0.0813 e. The molecule has 0 atom stereocenters. The molecule has 0 radical (unpaired) electrons. The standard InChI is InChI=1S/C8H17NO/c1-8(2,3)10-9-7-5-4-6-7/h7,9H,4-6H2,1-3H3. The monoisotopic (exact) mass is 143 g/mol. The van der Waals surface area contributed by atoms with Gasteiger partial charge >= 0.3 is 0 Å². The SMILES string of the molecule is CC(C)(C)ONC1CCC1. The molecule has 1 N–H and O–H groups in total. The van der Waals surface area contributed by atoms with Crippen molar-refractivity contribution in [2.24, 2.45) is 0 Å². The zero-order valence-electron chi connectivity index (χ0n) is 7.11. The molecular weight excluding hydrogens is 126 g/mol. The molecule has 1 aliphatic rings. The second-order valence-corrected chi connectivity index (χ2v) is 3.96. The number of hydrogen-bond donors (Lipinski definition) is 1. The second-order valence-electron chi connectivity index (χ2n) is 3.96. The molecule has 60 valence electrons. The topological polar surface area (TPSA) is 21.3 Å². The fraction of sp³-hybridized carbons (Fsp3) is 1.00. The van der Waals surface area contributed by atoms with Crippen LogP contribution in [0, 0.1) is 0 Å². The molecule has 1 saturated carbocycles. The van der Waals surface area contributed by atoms with Gasteiger partial charge < -0.3 is 0 Å². The van der Waals surface area contributed by atoms with Gasteiger partial charge in [0.2, 0.25) is 0 Å². The van der Waals surface area contributed by atoms with Crippen molar-refractivity contribution in [3.63, 3.8) is 0 Å². The lowest BCUT2D eigenvalue weighted by atomic mass is 9.94. The highest BCUT2D eigenvalue weighted by molar-refractivity contribution is 4.73. The van der Waals surface area contributed by atoms with Gasteiger partial charge in [-0.1, -0.05) is 6.42 Å². The molecule has 0 heterocycles. The van der Waals surface area contributed by atoms with Gasteiger partial charge in [0, 0.05) is 6.04 Å². The first-order valence-electron chi connectivity index (χ1n) is 4.01. The van der Waals surface area contributed by atoms with Gasteiger partial charge in [-0.3, -0.25) is 4.84 Å². The highest BCUT2D eigenvalue weighted by Gasteiger charge is 2.19. The fourth-order valence-corrected chi connectivity index (χ4v) is 0.786. The van der Waals surface area contributed by atoms with Crippen LogP contribution in [0.5, 0.6) is 0 Å². The molecule has 1 rings (SSSR count). The lowest BCUT2D eigenvalue weighted by Gasteiger charge is -2.30. The molecule has 2 heteroatoms.